The van der Waals surface area contributed by atoms with Crippen molar-refractivity contribution < 1.29 is 14.6 Å². The van der Waals surface area contributed by atoms with Gasteiger partial charge in [-0.25, -0.2) is 0 Å². The van der Waals surface area contributed by atoms with Gasteiger partial charge in [0, 0.05) is 25.7 Å². The van der Waals surface area contributed by atoms with Crippen LogP contribution in [0.15, 0.2) is 24.3 Å². The van der Waals surface area contributed by atoms with Crippen LogP contribution in [0.1, 0.15) is 31.2 Å². The minimum absolute atomic E-state index is 0.0197. The van der Waals surface area contributed by atoms with Crippen LogP contribution in [-0.4, -0.2) is 37.6 Å². The quantitative estimate of drug-likeness (QED) is 0.835. The summed E-state index contributed by atoms with van der Waals surface area (Å²) >= 11 is 0. The van der Waals surface area contributed by atoms with E-state index in [1.54, 1.807) is 0 Å². The molecule has 0 aliphatic carbocycles. The van der Waals surface area contributed by atoms with Crippen molar-refractivity contribution in [3.63, 3.8) is 0 Å². The summed E-state index contributed by atoms with van der Waals surface area (Å²) in [4.78, 5) is 0. The molecule has 1 heterocycles. The number of benzene rings is 1. The maximum Gasteiger partial charge on any atom is 0.119 e. The van der Waals surface area contributed by atoms with Gasteiger partial charge >= 0.3 is 0 Å². The van der Waals surface area contributed by atoms with E-state index in [4.69, 9.17) is 15.2 Å². The van der Waals surface area contributed by atoms with Gasteiger partial charge in [-0.1, -0.05) is 12.1 Å². The largest absolute Gasteiger partial charge is 0.494 e. The highest BCUT2D eigenvalue weighted by molar-refractivity contribution is 5.30. The molecule has 0 radical (unpaired) electrons. The van der Waals surface area contributed by atoms with Crippen LogP contribution in [0, 0.1) is 5.92 Å². The van der Waals surface area contributed by atoms with E-state index < -0.39 is 6.10 Å². The Morgan fingerprint density at radius 2 is 1.95 bits per heavy atom. The normalized spacial score (nSPS) is 19.6. The van der Waals surface area contributed by atoms with Gasteiger partial charge in [0.15, 0.2) is 0 Å². The molecule has 1 aliphatic rings. The van der Waals surface area contributed by atoms with E-state index in [2.05, 4.69) is 0 Å². The van der Waals surface area contributed by atoms with Crippen molar-refractivity contribution >= 4 is 0 Å². The van der Waals surface area contributed by atoms with Crippen molar-refractivity contribution in [3.05, 3.63) is 29.8 Å². The van der Waals surface area contributed by atoms with E-state index in [1.807, 2.05) is 31.2 Å². The van der Waals surface area contributed by atoms with E-state index in [0.29, 0.717) is 13.2 Å². The van der Waals surface area contributed by atoms with Crippen molar-refractivity contribution in [2.75, 3.05) is 26.4 Å². The van der Waals surface area contributed by atoms with Gasteiger partial charge in [-0.05, 0) is 43.4 Å². The summed E-state index contributed by atoms with van der Waals surface area (Å²) in [7, 11) is 0. The topological polar surface area (TPSA) is 64.7 Å². The fourth-order valence-corrected chi connectivity index (χ4v) is 2.84. The zero-order valence-corrected chi connectivity index (χ0v) is 12.1. The molecule has 2 rings (SSSR count). The van der Waals surface area contributed by atoms with E-state index >= 15 is 0 Å². The molecule has 1 aromatic carbocycles. The lowest BCUT2D eigenvalue weighted by molar-refractivity contribution is -0.00194. The smallest absolute Gasteiger partial charge is 0.119 e. The molecule has 2 atom stereocenters. The number of aliphatic hydroxyl groups is 1. The standard InChI is InChI=1S/C16H25NO3/c1-2-20-14-5-3-12(4-6-14)15(11-17)16(18)13-7-9-19-10-8-13/h3-6,13,15-16,18H,2,7-11,17H2,1H3. The Bertz CT molecular complexity index is 387. The van der Waals surface area contributed by atoms with Gasteiger partial charge in [0.2, 0.25) is 0 Å². The van der Waals surface area contributed by atoms with Crippen LogP contribution in [0.3, 0.4) is 0 Å². The van der Waals surface area contributed by atoms with Crippen molar-refractivity contribution in [1.82, 2.24) is 0 Å². The summed E-state index contributed by atoms with van der Waals surface area (Å²) in [6, 6.07) is 7.90. The number of rotatable bonds is 6. The Labute approximate surface area is 120 Å². The van der Waals surface area contributed by atoms with E-state index in [0.717, 1.165) is 37.4 Å². The van der Waals surface area contributed by atoms with E-state index in [-0.39, 0.29) is 11.8 Å². The lowest BCUT2D eigenvalue weighted by Gasteiger charge is -2.32. The average molecular weight is 279 g/mol. The van der Waals surface area contributed by atoms with Gasteiger partial charge in [-0.2, -0.15) is 0 Å². The molecule has 1 aromatic rings. The first-order chi connectivity index (χ1) is 9.76. The Morgan fingerprint density at radius 1 is 1.30 bits per heavy atom. The van der Waals surface area contributed by atoms with Crippen LogP contribution in [0.4, 0.5) is 0 Å². The van der Waals surface area contributed by atoms with Crippen molar-refractivity contribution in [3.8, 4) is 5.75 Å². The average Bonchev–Trinajstić information content (AvgIpc) is 2.51. The highest BCUT2D eigenvalue weighted by atomic mass is 16.5. The third kappa shape index (κ3) is 3.72. The molecule has 4 heteroatoms. The van der Waals surface area contributed by atoms with Gasteiger partial charge < -0.3 is 20.3 Å². The summed E-state index contributed by atoms with van der Waals surface area (Å²) in [6.07, 6.45) is 1.42. The van der Waals surface area contributed by atoms with E-state index in [9.17, 15) is 5.11 Å². The second-order valence-corrected chi connectivity index (χ2v) is 5.28. The molecule has 0 bridgehead atoms. The zero-order valence-electron chi connectivity index (χ0n) is 12.1. The van der Waals surface area contributed by atoms with Gasteiger partial charge in [0.25, 0.3) is 0 Å². The number of nitrogens with two attached hydrogens (primary N) is 1. The Kier molecular flexibility index (Phi) is 5.83. The SMILES string of the molecule is CCOc1ccc(C(CN)C(O)C2CCOCC2)cc1. The van der Waals surface area contributed by atoms with Gasteiger partial charge in [-0.15, -0.1) is 0 Å². The lowest BCUT2D eigenvalue weighted by atomic mass is 9.82. The highest BCUT2D eigenvalue weighted by Crippen LogP contribution is 2.30. The molecule has 3 N–H and O–H groups in total. The third-order valence-corrected chi connectivity index (χ3v) is 4.03. The van der Waals surface area contributed by atoms with Gasteiger partial charge in [0.1, 0.15) is 5.75 Å². The van der Waals surface area contributed by atoms with Crippen LogP contribution >= 0.6 is 0 Å². The summed E-state index contributed by atoms with van der Waals surface area (Å²) in [5, 5.41) is 10.6. The molecule has 4 nitrogen and oxygen atoms in total. The number of aliphatic hydroxyl groups excluding tert-OH is 1. The molecule has 1 aliphatic heterocycles. The van der Waals surface area contributed by atoms with Gasteiger partial charge in [0.05, 0.1) is 12.7 Å². The van der Waals surface area contributed by atoms with Crippen LogP contribution in [-0.2, 0) is 4.74 Å². The molecule has 0 spiro atoms. The predicted molar refractivity (Wildman–Crippen MR) is 79.0 cm³/mol. The molecule has 0 amide bonds. The van der Waals surface area contributed by atoms with E-state index in [1.165, 1.54) is 0 Å². The summed E-state index contributed by atoms with van der Waals surface area (Å²) in [6.45, 7) is 4.55. The van der Waals surface area contributed by atoms with Crippen LogP contribution in [0.5, 0.6) is 5.75 Å². The highest BCUT2D eigenvalue weighted by Gasteiger charge is 2.29. The van der Waals surface area contributed by atoms with Gasteiger partial charge in [-0.3, -0.25) is 0 Å². The zero-order chi connectivity index (χ0) is 14.4. The maximum atomic E-state index is 10.6. The molecule has 112 valence electrons. The number of hydrogen-bond donors (Lipinski definition) is 2. The summed E-state index contributed by atoms with van der Waals surface area (Å²) < 4.78 is 10.8. The second-order valence-electron chi connectivity index (χ2n) is 5.28. The minimum atomic E-state index is -0.401. The fraction of sp³-hybridized carbons (Fsp3) is 0.625. The Hall–Kier alpha value is -1.10. The van der Waals surface area contributed by atoms with Crippen molar-refractivity contribution in [2.24, 2.45) is 11.7 Å². The Balaban J connectivity index is 2.05. The molecule has 1 saturated heterocycles. The first-order valence-electron chi connectivity index (χ1n) is 7.45. The molecule has 1 fully saturated rings. The molecule has 20 heavy (non-hydrogen) atoms. The molecule has 2 unspecified atom stereocenters. The molecule has 0 aromatic heterocycles. The second kappa shape index (κ2) is 7.62. The first-order valence-corrected chi connectivity index (χ1v) is 7.45. The minimum Gasteiger partial charge on any atom is -0.494 e. The molecular weight excluding hydrogens is 254 g/mol. The third-order valence-electron chi connectivity index (χ3n) is 4.03. The molecular formula is C16H25NO3. The van der Waals surface area contributed by atoms with Crippen LogP contribution in [0.25, 0.3) is 0 Å². The van der Waals surface area contributed by atoms with Crippen molar-refractivity contribution in [2.45, 2.75) is 31.8 Å². The maximum absolute atomic E-state index is 10.6. The van der Waals surface area contributed by atoms with Crippen LogP contribution < -0.4 is 10.5 Å². The van der Waals surface area contributed by atoms with Crippen molar-refractivity contribution in [1.29, 1.82) is 0 Å². The molecule has 0 saturated carbocycles. The lowest BCUT2D eigenvalue weighted by Crippen LogP contribution is -2.35. The Morgan fingerprint density at radius 3 is 2.50 bits per heavy atom. The fourth-order valence-electron chi connectivity index (χ4n) is 2.84. The van der Waals surface area contributed by atoms with Crippen LogP contribution in [0.2, 0.25) is 0 Å². The number of hydrogen-bond acceptors (Lipinski definition) is 4. The first kappa shape index (κ1) is 15.3. The summed E-state index contributed by atoms with van der Waals surface area (Å²) in [5.41, 5.74) is 6.97. The number of ether oxygens (including phenoxy) is 2. The summed E-state index contributed by atoms with van der Waals surface area (Å²) in [5.74, 6) is 1.12. The monoisotopic (exact) mass is 279 g/mol. The predicted octanol–water partition coefficient (Wildman–Crippen LogP) is 1.92.